The first-order chi connectivity index (χ1) is 7.50. The monoisotopic (exact) mass is 230 g/mol. The van der Waals surface area contributed by atoms with Crippen molar-refractivity contribution in [2.45, 2.75) is 44.9 Å². The minimum Gasteiger partial charge on any atom is -0.382 e. The first-order valence-corrected chi connectivity index (χ1v) is 5.83. The van der Waals surface area contributed by atoms with Crippen LogP contribution >= 0.6 is 0 Å². The third-order valence-corrected chi connectivity index (χ3v) is 2.99. The predicted octanol–water partition coefficient (Wildman–Crippen LogP) is -0.374. The van der Waals surface area contributed by atoms with Crippen LogP contribution in [0.4, 0.5) is 0 Å². The summed E-state index contributed by atoms with van der Waals surface area (Å²) in [6.45, 7) is 5.22. The first kappa shape index (κ1) is 13.4. The molecule has 1 aliphatic rings. The smallest absolute Gasteiger partial charge is 0.247 e. The molecule has 0 saturated carbocycles. The maximum Gasteiger partial charge on any atom is 0.247 e. The molecule has 3 atom stereocenters. The molecule has 1 aliphatic heterocycles. The number of aliphatic hydroxyl groups is 1. The van der Waals surface area contributed by atoms with Gasteiger partial charge in [0.05, 0.1) is 6.10 Å². The van der Waals surface area contributed by atoms with E-state index in [1.165, 1.54) is 0 Å². The molecule has 94 valence electrons. The fourth-order valence-electron chi connectivity index (χ4n) is 1.86. The highest BCUT2D eigenvalue weighted by Crippen LogP contribution is 2.19. The Morgan fingerprint density at radius 2 is 2.31 bits per heavy atom. The molecule has 0 aromatic carbocycles. The normalized spacial score (nSPS) is 28.0. The molecular weight excluding hydrogens is 208 g/mol. The van der Waals surface area contributed by atoms with Gasteiger partial charge in [0.25, 0.3) is 0 Å². The van der Waals surface area contributed by atoms with Crippen LogP contribution in [-0.4, -0.2) is 42.4 Å². The van der Waals surface area contributed by atoms with Gasteiger partial charge in [0, 0.05) is 19.2 Å². The van der Waals surface area contributed by atoms with E-state index >= 15 is 0 Å². The van der Waals surface area contributed by atoms with Gasteiger partial charge in [-0.25, -0.2) is 0 Å². The van der Waals surface area contributed by atoms with E-state index in [4.69, 9.17) is 10.5 Å². The zero-order chi connectivity index (χ0) is 12.1. The van der Waals surface area contributed by atoms with Crippen molar-refractivity contribution in [3.8, 4) is 0 Å². The quantitative estimate of drug-likeness (QED) is 0.601. The van der Waals surface area contributed by atoms with Crippen molar-refractivity contribution in [2.24, 2.45) is 11.7 Å². The standard InChI is InChI=1S/C11H22N2O3/c1-7(2)10-5-8(3-4-16-10)13-6-9(14)11(12)15/h7-10,13-14H,3-6H2,1-2H3,(H2,12,15). The summed E-state index contributed by atoms with van der Waals surface area (Å²) in [4.78, 5) is 10.7. The number of nitrogens with one attached hydrogen (secondary N) is 1. The second-order valence-electron chi connectivity index (χ2n) is 4.70. The van der Waals surface area contributed by atoms with Gasteiger partial charge in [-0.2, -0.15) is 0 Å². The lowest BCUT2D eigenvalue weighted by Crippen LogP contribution is -2.46. The summed E-state index contributed by atoms with van der Waals surface area (Å²) in [6, 6.07) is 0.301. The molecule has 0 radical (unpaired) electrons. The average Bonchev–Trinajstić information content (AvgIpc) is 2.26. The highest BCUT2D eigenvalue weighted by atomic mass is 16.5. The van der Waals surface area contributed by atoms with Gasteiger partial charge in [0.2, 0.25) is 5.91 Å². The molecule has 0 aliphatic carbocycles. The minimum absolute atomic E-state index is 0.227. The van der Waals surface area contributed by atoms with Crippen molar-refractivity contribution in [3.63, 3.8) is 0 Å². The number of amides is 1. The Bertz CT molecular complexity index is 233. The van der Waals surface area contributed by atoms with Crippen LogP contribution < -0.4 is 11.1 Å². The Balaban J connectivity index is 2.29. The lowest BCUT2D eigenvalue weighted by atomic mass is 9.95. The van der Waals surface area contributed by atoms with E-state index in [1.807, 2.05) is 0 Å². The van der Waals surface area contributed by atoms with Crippen LogP contribution in [0, 0.1) is 5.92 Å². The number of rotatable bonds is 5. The number of hydrogen-bond acceptors (Lipinski definition) is 4. The minimum atomic E-state index is -1.10. The molecule has 1 fully saturated rings. The lowest BCUT2D eigenvalue weighted by molar-refractivity contribution is -0.125. The molecule has 0 aromatic heterocycles. The van der Waals surface area contributed by atoms with Gasteiger partial charge < -0.3 is 20.9 Å². The van der Waals surface area contributed by atoms with Crippen LogP contribution in [0.1, 0.15) is 26.7 Å². The Kier molecular flexibility index (Phi) is 5.18. The number of aliphatic hydroxyl groups excluding tert-OH is 1. The lowest BCUT2D eigenvalue weighted by Gasteiger charge is -2.32. The summed E-state index contributed by atoms with van der Waals surface area (Å²) in [6.07, 6.45) is 0.995. The first-order valence-electron chi connectivity index (χ1n) is 5.83. The Hall–Kier alpha value is -0.650. The molecule has 0 spiro atoms. The number of ether oxygens (including phenoxy) is 1. The SMILES string of the molecule is CC(C)C1CC(NCC(O)C(N)=O)CCO1. The largest absolute Gasteiger partial charge is 0.382 e. The highest BCUT2D eigenvalue weighted by molar-refractivity contribution is 5.78. The van der Waals surface area contributed by atoms with Crippen LogP contribution in [0.15, 0.2) is 0 Å². The van der Waals surface area contributed by atoms with Gasteiger partial charge in [0.15, 0.2) is 0 Å². The maximum atomic E-state index is 10.7. The van der Waals surface area contributed by atoms with Crippen LogP contribution in [0.25, 0.3) is 0 Å². The number of carbonyl (C=O) groups excluding carboxylic acids is 1. The molecule has 1 heterocycles. The van der Waals surface area contributed by atoms with Crippen molar-refractivity contribution in [1.29, 1.82) is 0 Å². The summed E-state index contributed by atoms with van der Waals surface area (Å²) >= 11 is 0. The summed E-state index contributed by atoms with van der Waals surface area (Å²) in [5.74, 6) is -0.189. The second-order valence-corrected chi connectivity index (χ2v) is 4.70. The van der Waals surface area contributed by atoms with Crippen LogP contribution in [-0.2, 0) is 9.53 Å². The van der Waals surface area contributed by atoms with Crippen molar-refractivity contribution < 1.29 is 14.6 Å². The van der Waals surface area contributed by atoms with Crippen molar-refractivity contribution in [3.05, 3.63) is 0 Å². The van der Waals surface area contributed by atoms with E-state index < -0.39 is 12.0 Å². The fraction of sp³-hybridized carbons (Fsp3) is 0.909. The second kappa shape index (κ2) is 6.18. The molecule has 5 heteroatoms. The van der Waals surface area contributed by atoms with E-state index in [9.17, 15) is 9.90 Å². The zero-order valence-corrected chi connectivity index (χ0v) is 9.98. The average molecular weight is 230 g/mol. The molecular formula is C11H22N2O3. The summed E-state index contributed by atoms with van der Waals surface area (Å²) in [5, 5.41) is 12.4. The molecule has 0 bridgehead atoms. The molecule has 1 saturated heterocycles. The van der Waals surface area contributed by atoms with Gasteiger partial charge in [-0.3, -0.25) is 4.79 Å². The van der Waals surface area contributed by atoms with Crippen molar-refractivity contribution in [2.75, 3.05) is 13.2 Å². The van der Waals surface area contributed by atoms with E-state index in [2.05, 4.69) is 19.2 Å². The zero-order valence-electron chi connectivity index (χ0n) is 9.98. The van der Waals surface area contributed by atoms with Crippen LogP contribution in [0.5, 0.6) is 0 Å². The molecule has 1 rings (SSSR count). The third kappa shape index (κ3) is 4.08. The molecule has 4 N–H and O–H groups in total. The van der Waals surface area contributed by atoms with E-state index in [1.54, 1.807) is 0 Å². The highest BCUT2D eigenvalue weighted by Gasteiger charge is 2.25. The van der Waals surface area contributed by atoms with E-state index in [0.717, 1.165) is 19.4 Å². The maximum absolute atomic E-state index is 10.7. The Morgan fingerprint density at radius 3 is 2.88 bits per heavy atom. The number of nitrogens with two attached hydrogens (primary N) is 1. The van der Waals surface area contributed by atoms with Crippen LogP contribution in [0.3, 0.4) is 0 Å². The molecule has 1 amide bonds. The molecule has 0 aromatic rings. The predicted molar refractivity (Wildman–Crippen MR) is 60.8 cm³/mol. The summed E-state index contributed by atoms with van der Waals surface area (Å²) < 4.78 is 5.63. The van der Waals surface area contributed by atoms with Crippen LogP contribution in [0.2, 0.25) is 0 Å². The molecule has 5 nitrogen and oxygen atoms in total. The van der Waals surface area contributed by atoms with Crippen molar-refractivity contribution in [1.82, 2.24) is 5.32 Å². The topological polar surface area (TPSA) is 84.6 Å². The summed E-state index contributed by atoms with van der Waals surface area (Å²) in [7, 11) is 0. The molecule has 3 unspecified atom stereocenters. The van der Waals surface area contributed by atoms with Gasteiger partial charge in [-0.15, -0.1) is 0 Å². The fourth-order valence-corrected chi connectivity index (χ4v) is 1.86. The number of carbonyl (C=O) groups is 1. The van der Waals surface area contributed by atoms with Gasteiger partial charge in [-0.05, 0) is 18.8 Å². The Labute approximate surface area is 96.3 Å². The molecule has 16 heavy (non-hydrogen) atoms. The van der Waals surface area contributed by atoms with Crippen molar-refractivity contribution >= 4 is 5.91 Å². The van der Waals surface area contributed by atoms with Gasteiger partial charge in [0.1, 0.15) is 6.10 Å². The van der Waals surface area contributed by atoms with E-state index in [-0.39, 0.29) is 12.6 Å². The Morgan fingerprint density at radius 1 is 1.62 bits per heavy atom. The van der Waals surface area contributed by atoms with Gasteiger partial charge >= 0.3 is 0 Å². The summed E-state index contributed by atoms with van der Waals surface area (Å²) in [5.41, 5.74) is 4.97. The van der Waals surface area contributed by atoms with E-state index in [0.29, 0.717) is 12.0 Å². The number of primary amides is 1. The van der Waals surface area contributed by atoms with Gasteiger partial charge in [-0.1, -0.05) is 13.8 Å². The third-order valence-electron chi connectivity index (χ3n) is 2.99. The number of hydrogen-bond donors (Lipinski definition) is 3.